The molecule has 1 aliphatic heterocycles. The fourth-order valence-corrected chi connectivity index (χ4v) is 2.80. The van der Waals surface area contributed by atoms with Gasteiger partial charge in [-0.2, -0.15) is 0 Å². The summed E-state index contributed by atoms with van der Waals surface area (Å²) in [6, 6.07) is 0. The number of rotatable bonds is 7. The molecule has 2 atom stereocenters. The van der Waals surface area contributed by atoms with E-state index in [2.05, 4.69) is 5.92 Å². The summed E-state index contributed by atoms with van der Waals surface area (Å²) in [5.74, 6) is 2.46. The van der Waals surface area contributed by atoms with Crippen LogP contribution in [0.25, 0.3) is 0 Å². The minimum absolute atomic E-state index is 0.129. The van der Waals surface area contributed by atoms with Crippen LogP contribution in [-0.4, -0.2) is 35.0 Å². The van der Waals surface area contributed by atoms with Crippen LogP contribution in [0.1, 0.15) is 51.9 Å². The second-order valence-corrected chi connectivity index (χ2v) is 5.73. The van der Waals surface area contributed by atoms with Gasteiger partial charge in [-0.1, -0.05) is 6.92 Å². The Hall–Kier alpha value is -1.50. The van der Waals surface area contributed by atoms with Gasteiger partial charge in [-0.05, 0) is 37.5 Å². The number of carboxylic acids is 1. The van der Waals surface area contributed by atoms with Crippen molar-refractivity contribution in [3.8, 4) is 12.3 Å². The van der Waals surface area contributed by atoms with Crippen molar-refractivity contribution in [1.29, 1.82) is 0 Å². The SMILES string of the molecule is C#CCCCCC(=O)N1CCCC(C(C)CC(=O)O)C1. The van der Waals surface area contributed by atoms with Gasteiger partial charge < -0.3 is 10.0 Å². The quantitative estimate of drug-likeness (QED) is 0.575. The maximum atomic E-state index is 12.1. The highest BCUT2D eigenvalue weighted by Crippen LogP contribution is 2.26. The summed E-state index contributed by atoms with van der Waals surface area (Å²) in [6.45, 7) is 3.49. The monoisotopic (exact) mass is 279 g/mol. The number of aliphatic carboxylic acids is 1. The molecule has 2 unspecified atom stereocenters. The Balaban J connectivity index is 2.38. The Morgan fingerprint density at radius 3 is 2.85 bits per heavy atom. The first-order valence-corrected chi connectivity index (χ1v) is 7.47. The molecule has 0 aliphatic carbocycles. The van der Waals surface area contributed by atoms with Crippen LogP contribution < -0.4 is 0 Å². The van der Waals surface area contributed by atoms with E-state index in [9.17, 15) is 9.59 Å². The number of nitrogens with zero attached hydrogens (tertiary/aromatic N) is 1. The maximum Gasteiger partial charge on any atom is 0.303 e. The fraction of sp³-hybridized carbons (Fsp3) is 0.750. The zero-order chi connectivity index (χ0) is 15.0. The third-order valence-electron chi connectivity index (χ3n) is 4.07. The van der Waals surface area contributed by atoms with Gasteiger partial charge in [-0.3, -0.25) is 9.59 Å². The smallest absolute Gasteiger partial charge is 0.303 e. The van der Waals surface area contributed by atoms with Crippen LogP contribution in [-0.2, 0) is 9.59 Å². The van der Waals surface area contributed by atoms with Crippen LogP contribution >= 0.6 is 0 Å². The number of amides is 1. The molecule has 0 aromatic carbocycles. The van der Waals surface area contributed by atoms with Crippen molar-refractivity contribution >= 4 is 11.9 Å². The Kier molecular flexibility index (Phi) is 7.14. The zero-order valence-corrected chi connectivity index (χ0v) is 12.3. The minimum atomic E-state index is -0.754. The molecule has 20 heavy (non-hydrogen) atoms. The van der Waals surface area contributed by atoms with Gasteiger partial charge in [0.05, 0.1) is 0 Å². The Morgan fingerprint density at radius 2 is 2.20 bits per heavy atom. The number of carbonyl (C=O) groups excluding carboxylic acids is 1. The van der Waals surface area contributed by atoms with E-state index in [1.807, 2.05) is 11.8 Å². The molecule has 112 valence electrons. The minimum Gasteiger partial charge on any atom is -0.481 e. The van der Waals surface area contributed by atoms with E-state index in [4.69, 9.17) is 11.5 Å². The zero-order valence-electron chi connectivity index (χ0n) is 12.3. The largest absolute Gasteiger partial charge is 0.481 e. The third-order valence-corrected chi connectivity index (χ3v) is 4.07. The molecular weight excluding hydrogens is 254 g/mol. The van der Waals surface area contributed by atoms with Gasteiger partial charge in [-0.15, -0.1) is 12.3 Å². The average molecular weight is 279 g/mol. The van der Waals surface area contributed by atoms with Gasteiger partial charge in [0.15, 0.2) is 0 Å². The lowest BCUT2D eigenvalue weighted by Gasteiger charge is -2.35. The molecule has 1 heterocycles. The van der Waals surface area contributed by atoms with Crippen molar-refractivity contribution in [1.82, 2.24) is 4.90 Å². The van der Waals surface area contributed by atoms with Crippen LogP contribution in [0, 0.1) is 24.2 Å². The van der Waals surface area contributed by atoms with E-state index in [-0.39, 0.29) is 18.2 Å². The van der Waals surface area contributed by atoms with Gasteiger partial charge in [0.2, 0.25) is 5.91 Å². The lowest BCUT2D eigenvalue weighted by atomic mass is 9.84. The molecule has 0 aromatic heterocycles. The molecule has 4 heteroatoms. The van der Waals surface area contributed by atoms with E-state index in [1.54, 1.807) is 0 Å². The molecule has 0 spiro atoms. The molecule has 1 aliphatic rings. The normalized spacial score (nSPS) is 20.2. The molecule has 0 aromatic rings. The van der Waals surface area contributed by atoms with Crippen LogP contribution in [0.15, 0.2) is 0 Å². The summed E-state index contributed by atoms with van der Waals surface area (Å²) in [6.07, 6.45) is 10.4. The summed E-state index contributed by atoms with van der Waals surface area (Å²) in [5, 5.41) is 8.86. The first-order chi connectivity index (χ1) is 9.54. The number of carboxylic acid groups (broad SMARTS) is 1. The summed E-state index contributed by atoms with van der Waals surface area (Å²) in [7, 11) is 0. The highest BCUT2D eigenvalue weighted by molar-refractivity contribution is 5.76. The van der Waals surface area contributed by atoms with Gasteiger partial charge >= 0.3 is 5.97 Å². The average Bonchev–Trinajstić information content (AvgIpc) is 2.43. The topological polar surface area (TPSA) is 57.6 Å². The van der Waals surface area contributed by atoms with Crippen molar-refractivity contribution in [3.63, 3.8) is 0 Å². The van der Waals surface area contributed by atoms with E-state index in [1.165, 1.54) is 0 Å². The van der Waals surface area contributed by atoms with E-state index in [0.29, 0.717) is 18.9 Å². The second kappa shape index (κ2) is 8.63. The molecule has 1 rings (SSSR count). The predicted octanol–water partition coefficient (Wildman–Crippen LogP) is 2.53. The third kappa shape index (κ3) is 5.64. The number of piperidine rings is 1. The number of likely N-dealkylation sites (tertiary alicyclic amines) is 1. The lowest BCUT2D eigenvalue weighted by molar-refractivity contribution is -0.138. The maximum absolute atomic E-state index is 12.1. The van der Waals surface area contributed by atoms with Gasteiger partial charge in [0.25, 0.3) is 0 Å². The number of hydrogen-bond acceptors (Lipinski definition) is 2. The molecule has 1 fully saturated rings. The van der Waals surface area contributed by atoms with E-state index < -0.39 is 5.97 Å². The highest BCUT2D eigenvalue weighted by atomic mass is 16.4. The Morgan fingerprint density at radius 1 is 1.45 bits per heavy atom. The summed E-state index contributed by atoms with van der Waals surface area (Å²) < 4.78 is 0. The predicted molar refractivity (Wildman–Crippen MR) is 78.0 cm³/mol. The number of hydrogen-bond donors (Lipinski definition) is 1. The molecule has 0 bridgehead atoms. The van der Waals surface area contributed by atoms with E-state index >= 15 is 0 Å². The van der Waals surface area contributed by atoms with Crippen LogP contribution in [0.3, 0.4) is 0 Å². The first-order valence-electron chi connectivity index (χ1n) is 7.47. The molecule has 0 saturated carbocycles. The molecule has 4 nitrogen and oxygen atoms in total. The summed E-state index contributed by atoms with van der Waals surface area (Å²) in [4.78, 5) is 24.8. The van der Waals surface area contributed by atoms with Crippen molar-refractivity contribution in [2.24, 2.45) is 11.8 Å². The summed E-state index contributed by atoms with van der Waals surface area (Å²) in [5.41, 5.74) is 0. The molecule has 0 radical (unpaired) electrons. The highest BCUT2D eigenvalue weighted by Gasteiger charge is 2.27. The standard InChI is InChI=1S/C16H25NO3/c1-3-4-5-6-9-15(18)17-10-7-8-14(12-17)13(2)11-16(19)20/h1,13-14H,4-12H2,2H3,(H,19,20). The molecular formula is C16H25NO3. The molecule has 1 saturated heterocycles. The van der Waals surface area contributed by atoms with Crippen molar-refractivity contribution in [3.05, 3.63) is 0 Å². The van der Waals surface area contributed by atoms with Crippen LogP contribution in [0.5, 0.6) is 0 Å². The van der Waals surface area contributed by atoms with Gasteiger partial charge in [-0.25, -0.2) is 0 Å². The first kappa shape index (κ1) is 16.6. The number of terminal acetylenes is 1. The lowest BCUT2D eigenvalue weighted by Crippen LogP contribution is -2.41. The van der Waals surface area contributed by atoms with Gasteiger partial charge in [0.1, 0.15) is 0 Å². The summed E-state index contributed by atoms with van der Waals surface area (Å²) >= 11 is 0. The Labute approximate surface area is 121 Å². The van der Waals surface area contributed by atoms with Crippen molar-refractivity contribution < 1.29 is 14.7 Å². The number of unbranched alkanes of at least 4 members (excludes halogenated alkanes) is 2. The van der Waals surface area contributed by atoms with Crippen LogP contribution in [0.4, 0.5) is 0 Å². The van der Waals surface area contributed by atoms with E-state index in [0.717, 1.165) is 38.6 Å². The second-order valence-electron chi connectivity index (χ2n) is 5.73. The Bertz CT molecular complexity index is 372. The van der Waals surface area contributed by atoms with Crippen molar-refractivity contribution in [2.75, 3.05) is 13.1 Å². The van der Waals surface area contributed by atoms with Gasteiger partial charge in [0, 0.05) is 32.4 Å². The number of carbonyl (C=O) groups is 2. The molecule has 1 N–H and O–H groups in total. The van der Waals surface area contributed by atoms with Crippen molar-refractivity contribution in [2.45, 2.75) is 51.9 Å². The fourth-order valence-electron chi connectivity index (χ4n) is 2.80. The van der Waals surface area contributed by atoms with Crippen LogP contribution in [0.2, 0.25) is 0 Å². The molecule has 1 amide bonds.